The van der Waals surface area contributed by atoms with E-state index in [9.17, 15) is 4.79 Å². The van der Waals surface area contributed by atoms with Gasteiger partial charge in [-0.15, -0.1) is 0 Å². The molecule has 4 rings (SSSR count). The van der Waals surface area contributed by atoms with Gasteiger partial charge in [-0.25, -0.2) is 0 Å². The maximum Gasteiger partial charge on any atom is 0.316 e. The first-order chi connectivity index (χ1) is 12.7. The van der Waals surface area contributed by atoms with E-state index < -0.39 is 0 Å². The smallest absolute Gasteiger partial charge is 0.316 e. The zero-order chi connectivity index (χ0) is 17.9. The molecular formula is C21H21N3O2. The molecule has 132 valence electrons. The SMILES string of the molecule is COc1cn(Cc2ccccc2)c(N[C@H]2CCc3ccccc32)nc1=O. The van der Waals surface area contributed by atoms with Crippen LogP contribution in [0.1, 0.15) is 29.2 Å². The third kappa shape index (κ3) is 3.20. The largest absolute Gasteiger partial charge is 0.490 e. The first kappa shape index (κ1) is 16.4. The number of anilines is 1. The van der Waals surface area contributed by atoms with Gasteiger partial charge < -0.3 is 14.6 Å². The highest BCUT2D eigenvalue weighted by Crippen LogP contribution is 2.33. The second kappa shape index (κ2) is 7.04. The van der Waals surface area contributed by atoms with Crippen LogP contribution < -0.4 is 15.6 Å². The number of aryl methyl sites for hydroxylation is 1. The number of hydrogen-bond acceptors (Lipinski definition) is 4. The first-order valence-corrected chi connectivity index (χ1v) is 8.78. The van der Waals surface area contributed by atoms with E-state index in [-0.39, 0.29) is 17.4 Å². The Kier molecular flexibility index (Phi) is 4.44. The summed E-state index contributed by atoms with van der Waals surface area (Å²) in [5.41, 5.74) is 3.42. The monoisotopic (exact) mass is 347 g/mol. The van der Waals surface area contributed by atoms with Crippen LogP contribution in [0.4, 0.5) is 5.95 Å². The summed E-state index contributed by atoms with van der Waals surface area (Å²) in [4.78, 5) is 16.5. The fourth-order valence-electron chi connectivity index (χ4n) is 3.49. The third-order valence-corrected chi connectivity index (χ3v) is 4.82. The van der Waals surface area contributed by atoms with Gasteiger partial charge in [-0.1, -0.05) is 54.6 Å². The van der Waals surface area contributed by atoms with Crippen molar-refractivity contribution in [2.24, 2.45) is 0 Å². The van der Waals surface area contributed by atoms with Crippen molar-refractivity contribution >= 4 is 5.95 Å². The van der Waals surface area contributed by atoms with Crippen LogP contribution in [-0.4, -0.2) is 16.7 Å². The molecule has 5 nitrogen and oxygen atoms in total. The molecule has 0 amide bonds. The van der Waals surface area contributed by atoms with Crippen LogP contribution in [0.5, 0.6) is 5.75 Å². The summed E-state index contributed by atoms with van der Waals surface area (Å²) < 4.78 is 7.12. The Morgan fingerprint density at radius 2 is 1.92 bits per heavy atom. The van der Waals surface area contributed by atoms with Crippen molar-refractivity contribution in [2.75, 3.05) is 12.4 Å². The number of fused-ring (bicyclic) bond motifs is 1. The molecule has 0 saturated heterocycles. The number of nitrogens with zero attached hydrogens (tertiary/aromatic N) is 2. The first-order valence-electron chi connectivity index (χ1n) is 8.78. The predicted molar refractivity (Wildman–Crippen MR) is 102 cm³/mol. The van der Waals surface area contributed by atoms with Crippen molar-refractivity contribution in [1.29, 1.82) is 0 Å². The fourth-order valence-corrected chi connectivity index (χ4v) is 3.49. The summed E-state index contributed by atoms with van der Waals surface area (Å²) >= 11 is 0. The van der Waals surface area contributed by atoms with Gasteiger partial charge in [0.25, 0.3) is 0 Å². The van der Waals surface area contributed by atoms with Gasteiger partial charge in [-0.05, 0) is 29.5 Å². The van der Waals surface area contributed by atoms with Crippen molar-refractivity contribution in [3.63, 3.8) is 0 Å². The van der Waals surface area contributed by atoms with Gasteiger partial charge in [0.1, 0.15) is 0 Å². The molecule has 1 aliphatic carbocycles. The molecule has 3 aromatic rings. The molecule has 5 heteroatoms. The number of aromatic nitrogens is 2. The van der Waals surface area contributed by atoms with E-state index in [0.717, 1.165) is 18.4 Å². The van der Waals surface area contributed by atoms with E-state index in [4.69, 9.17) is 4.74 Å². The molecule has 0 bridgehead atoms. The lowest BCUT2D eigenvalue weighted by molar-refractivity contribution is 0.402. The molecule has 1 atom stereocenters. The van der Waals surface area contributed by atoms with Crippen LogP contribution in [0.3, 0.4) is 0 Å². The summed E-state index contributed by atoms with van der Waals surface area (Å²) in [6.07, 6.45) is 3.75. The Labute approximate surface area is 152 Å². The molecule has 0 saturated carbocycles. The van der Waals surface area contributed by atoms with Crippen LogP contribution in [0.25, 0.3) is 0 Å². The van der Waals surface area contributed by atoms with E-state index in [0.29, 0.717) is 12.5 Å². The molecule has 1 aliphatic rings. The molecular weight excluding hydrogens is 326 g/mol. The molecule has 0 unspecified atom stereocenters. The number of nitrogens with one attached hydrogen (secondary N) is 1. The van der Waals surface area contributed by atoms with E-state index in [1.807, 2.05) is 22.8 Å². The summed E-state index contributed by atoms with van der Waals surface area (Å²) in [6.45, 7) is 0.612. The minimum absolute atomic E-state index is 0.161. The van der Waals surface area contributed by atoms with Crippen molar-refractivity contribution in [2.45, 2.75) is 25.4 Å². The van der Waals surface area contributed by atoms with Crippen LogP contribution in [0.2, 0.25) is 0 Å². The predicted octanol–water partition coefficient (Wildman–Crippen LogP) is 3.40. The maximum atomic E-state index is 12.2. The van der Waals surface area contributed by atoms with Crippen molar-refractivity contribution < 1.29 is 4.74 Å². The lowest BCUT2D eigenvalue weighted by Crippen LogP contribution is -2.21. The van der Waals surface area contributed by atoms with Crippen molar-refractivity contribution in [3.8, 4) is 5.75 Å². The number of benzene rings is 2. The second-order valence-corrected chi connectivity index (χ2v) is 6.49. The van der Waals surface area contributed by atoms with Gasteiger partial charge in [0.15, 0.2) is 0 Å². The van der Waals surface area contributed by atoms with E-state index in [2.05, 4.69) is 46.7 Å². The molecule has 26 heavy (non-hydrogen) atoms. The maximum absolute atomic E-state index is 12.2. The van der Waals surface area contributed by atoms with Gasteiger partial charge in [-0.2, -0.15) is 4.98 Å². The Morgan fingerprint density at radius 3 is 2.73 bits per heavy atom. The lowest BCUT2D eigenvalue weighted by atomic mass is 10.1. The average molecular weight is 347 g/mol. The minimum atomic E-state index is -0.356. The zero-order valence-corrected chi connectivity index (χ0v) is 14.7. The number of ether oxygens (including phenoxy) is 1. The average Bonchev–Trinajstić information content (AvgIpc) is 3.08. The highest BCUT2D eigenvalue weighted by molar-refractivity contribution is 5.42. The summed E-state index contributed by atoms with van der Waals surface area (Å²) in [6, 6.07) is 18.7. The number of methoxy groups -OCH3 is 1. The van der Waals surface area contributed by atoms with Gasteiger partial charge >= 0.3 is 5.56 Å². The molecule has 1 heterocycles. The highest BCUT2D eigenvalue weighted by Gasteiger charge is 2.23. The van der Waals surface area contributed by atoms with Crippen molar-refractivity contribution in [1.82, 2.24) is 9.55 Å². The Morgan fingerprint density at radius 1 is 1.15 bits per heavy atom. The van der Waals surface area contributed by atoms with Crippen LogP contribution in [0, 0.1) is 0 Å². The van der Waals surface area contributed by atoms with E-state index in [1.54, 1.807) is 6.20 Å². The lowest BCUT2D eigenvalue weighted by Gasteiger charge is -2.19. The van der Waals surface area contributed by atoms with Gasteiger partial charge in [0.2, 0.25) is 11.7 Å². The molecule has 0 aliphatic heterocycles. The quantitative estimate of drug-likeness (QED) is 0.768. The zero-order valence-electron chi connectivity index (χ0n) is 14.7. The molecule has 0 fully saturated rings. The summed E-state index contributed by atoms with van der Waals surface area (Å²) in [7, 11) is 1.49. The van der Waals surface area contributed by atoms with Crippen LogP contribution >= 0.6 is 0 Å². The normalized spacial score (nSPS) is 15.5. The number of hydrogen-bond donors (Lipinski definition) is 1. The van der Waals surface area contributed by atoms with E-state index in [1.165, 1.54) is 18.2 Å². The van der Waals surface area contributed by atoms with Gasteiger partial charge in [-0.3, -0.25) is 4.79 Å². The number of rotatable bonds is 5. The fraction of sp³-hybridized carbons (Fsp3) is 0.238. The Hall–Kier alpha value is -3.08. The van der Waals surface area contributed by atoms with Crippen molar-refractivity contribution in [3.05, 3.63) is 87.8 Å². The molecule has 1 N–H and O–H groups in total. The molecule has 0 spiro atoms. The Balaban J connectivity index is 1.69. The standard InChI is InChI=1S/C21H21N3O2/c1-26-19-14-24(13-15-7-3-2-4-8-15)21(23-20(19)25)22-18-12-11-16-9-5-6-10-17(16)18/h2-10,14,18H,11-13H2,1H3,(H,22,23,25)/t18-/m0/s1. The van der Waals surface area contributed by atoms with Crippen LogP contribution in [0.15, 0.2) is 65.6 Å². The topological polar surface area (TPSA) is 56.1 Å². The molecule has 0 radical (unpaired) electrons. The molecule has 2 aromatic carbocycles. The van der Waals surface area contributed by atoms with Crippen LogP contribution in [-0.2, 0) is 13.0 Å². The highest BCUT2D eigenvalue weighted by atomic mass is 16.5. The molecule has 1 aromatic heterocycles. The van der Waals surface area contributed by atoms with Gasteiger partial charge in [0, 0.05) is 0 Å². The minimum Gasteiger partial charge on any atom is -0.490 e. The summed E-state index contributed by atoms with van der Waals surface area (Å²) in [5.74, 6) is 0.819. The summed E-state index contributed by atoms with van der Waals surface area (Å²) in [5, 5.41) is 3.47. The third-order valence-electron chi connectivity index (χ3n) is 4.82. The Bertz CT molecular complexity index is 966. The second-order valence-electron chi connectivity index (χ2n) is 6.49. The van der Waals surface area contributed by atoms with Gasteiger partial charge in [0.05, 0.1) is 25.9 Å². The van der Waals surface area contributed by atoms with E-state index >= 15 is 0 Å².